The number of halogens is 1. The Morgan fingerprint density at radius 1 is 1.08 bits per heavy atom. The van der Waals surface area contributed by atoms with Crippen LogP contribution in [-0.2, 0) is 6.54 Å². The number of hydrogen-bond donors (Lipinski definition) is 1. The highest BCUT2D eigenvalue weighted by Crippen LogP contribution is 2.20. The van der Waals surface area contributed by atoms with Gasteiger partial charge in [-0.25, -0.2) is 9.18 Å². The van der Waals surface area contributed by atoms with Gasteiger partial charge < -0.3 is 15.0 Å². The molecule has 0 bridgehead atoms. The van der Waals surface area contributed by atoms with Crippen molar-refractivity contribution in [2.45, 2.75) is 6.54 Å². The van der Waals surface area contributed by atoms with Crippen LogP contribution in [-0.4, -0.2) is 49.1 Å². The minimum Gasteiger partial charge on any atom is -0.496 e. The van der Waals surface area contributed by atoms with E-state index >= 15 is 0 Å². The first-order chi connectivity index (χ1) is 12.2. The Hall–Kier alpha value is -2.60. The fraction of sp³-hybridized carbons (Fsp3) is 0.316. The van der Waals surface area contributed by atoms with E-state index in [0.717, 1.165) is 30.9 Å². The highest BCUT2D eigenvalue weighted by molar-refractivity contribution is 5.89. The van der Waals surface area contributed by atoms with E-state index in [2.05, 4.69) is 16.3 Å². The van der Waals surface area contributed by atoms with Crippen LogP contribution in [0, 0.1) is 5.82 Å². The van der Waals surface area contributed by atoms with Gasteiger partial charge in [0.15, 0.2) is 0 Å². The maximum atomic E-state index is 12.9. The van der Waals surface area contributed by atoms with Crippen LogP contribution >= 0.6 is 0 Å². The molecule has 25 heavy (non-hydrogen) atoms. The Morgan fingerprint density at radius 3 is 2.44 bits per heavy atom. The third-order valence-electron chi connectivity index (χ3n) is 4.34. The van der Waals surface area contributed by atoms with Crippen LogP contribution in [0.25, 0.3) is 0 Å². The van der Waals surface area contributed by atoms with Gasteiger partial charge >= 0.3 is 6.03 Å². The van der Waals surface area contributed by atoms with Crippen molar-refractivity contribution >= 4 is 11.7 Å². The van der Waals surface area contributed by atoms with Gasteiger partial charge in [-0.1, -0.05) is 18.2 Å². The molecule has 0 saturated carbocycles. The van der Waals surface area contributed by atoms with Gasteiger partial charge in [0, 0.05) is 44.0 Å². The molecule has 2 amide bonds. The van der Waals surface area contributed by atoms with Crippen LogP contribution in [0.2, 0.25) is 0 Å². The number of rotatable bonds is 4. The van der Waals surface area contributed by atoms with Crippen molar-refractivity contribution in [2.75, 3.05) is 38.6 Å². The molecule has 5 nitrogen and oxygen atoms in total. The lowest BCUT2D eigenvalue weighted by Gasteiger charge is -2.34. The second kappa shape index (κ2) is 7.98. The third-order valence-corrected chi connectivity index (χ3v) is 4.34. The fourth-order valence-electron chi connectivity index (χ4n) is 2.92. The van der Waals surface area contributed by atoms with Crippen LogP contribution in [0.15, 0.2) is 48.5 Å². The quantitative estimate of drug-likeness (QED) is 0.927. The number of piperazine rings is 1. The molecule has 1 fully saturated rings. The standard InChI is InChI=1S/C19H22FN3O2/c1-25-18-5-3-2-4-15(18)14-22-10-12-23(13-11-22)19(24)21-17-8-6-16(20)7-9-17/h2-9H,10-14H2,1H3,(H,21,24). The average Bonchev–Trinajstić information content (AvgIpc) is 2.64. The van der Waals surface area contributed by atoms with Gasteiger partial charge in [0.2, 0.25) is 0 Å². The summed E-state index contributed by atoms with van der Waals surface area (Å²) in [4.78, 5) is 16.4. The van der Waals surface area contributed by atoms with Gasteiger partial charge in [-0.05, 0) is 30.3 Å². The van der Waals surface area contributed by atoms with Crippen molar-refractivity contribution in [1.29, 1.82) is 0 Å². The van der Waals surface area contributed by atoms with E-state index in [4.69, 9.17) is 4.74 Å². The molecule has 1 heterocycles. The number of hydrogen-bond acceptors (Lipinski definition) is 3. The molecule has 0 spiro atoms. The first-order valence-electron chi connectivity index (χ1n) is 8.31. The van der Waals surface area contributed by atoms with Crippen LogP contribution < -0.4 is 10.1 Å². The Labute approximate surface area is 147 Å². The monoisotopic (exact) mass is 343 g/mol. The maximum absolute atomic E-state index is 12.9. The zero-order valence-electron chi connectivity index (χ0n) is 14.2. The summed E-state index contributed by atoms with van der Waals surface area (Å²) in [7, 11) is 1.68. The molecular weight excluding hydrogens is 321 g/mol. The average molecular weight is 343 g/mol. The van der Waals surface area contributed by atoms with E-state index in [9.17, 15) is 9.18 Å². The number of carbonyl (C=O) groups excluding carboxylic acids is 1. The second-order valence-electron chi connectivity index (χ2n) is 6.01. The van der Waals surface area contributed by atoms with Gasteiger partial charge in [0.1, 0.15) is 11.6 Å². The molecule has 0 atom stereocenters. The molecule has 2 aromatic rings. The number of para-hydroxylation sites is 1. The molecule has 1 saturated heterocycles. The number of amides is 2. The molecule has 2 aromatic carbocycles. The predicted octanol–water partition coefficient (Wildman–Crippen LogP) is 3.18. The summed E-state index contributed by atoms with van der Waals surface area (Å²) in [5, 5.41) is 2.80. The Bertz CT molecular complexity index is 713. The normalized spacial score (nSPS) is 15.0. The largest absolute Gasteiger partial charge is 0.496 e. The van der Waals surface area contributed by atoms with Crippen molar-refractivity contribution in [3.8, 4) is 5.75 Å². The molecule has 0 aromatic heterocycles. The molecule has 1 aliphatic rings. The SMILES string of the molecule is COc1ccccc1CN1CCN(C(=O)Nc2ccc(F)cc2)CC1. The summed E-state index contributed by atoms with van der Waals surface area (Å²) < 4.78 is 18.3. The highest BCUT2D eigenvalue weighted by atomic mass is 19.1. The number of ether oxygens (including phenoxy) is 1. The van der Waals surface area contributed by atoms with E-state index in [1.807, 2.05) is 18.2 Å². The molecule has 1 N–H and O–H groups in total. The van der Waals surface area contributed by atoms with Gasteiger partial charge in [-0.2, -0.15) is 0 Å². The third kappa shape index (κ3) is 4.48. The Morgan fingerprint density at radius 2 is 1.76 bits per heavy atom. The second-order valence-corrected chi connectivity index (χ2v) is 6.01. The first-order valence-corrected chi connectivity index (χ1v) is 8.31. The van der Waals surface area contributed by atoms with E-state index in [-0.39, 0.29) is 11.8 Å². The minimum absolute atomic E-state index is 0.149. The van der Waals surface area contributed by atoms with Gasteiger partial charge in [-0.3, -0.25) is 4.90 Å². The van der Waals surface area contributed by atoms with E-state index < -0.39 is 0 Å². The number of nitrogens with one attached hydrogen (secondary N) is 1. The van der Waals surface area contributed by atoms with Gasteiger partial charge in [0.05, 0.1) is 7.11 Å². The molecule has 0 unspecified atom stereocenters. The molecule has 3 rings (SSSR count). The summed E-state index contributed by atoms with van der Waals surface area (Å²) in [6.07, 6.45) is 0. The zero-order chi connectivity index (χ0) is 17.6. The minimum atomic E-state index is -0.317. The summed E-state index contributed by atoms with van der Waals surface area (Å²) in [5.41, 5.74) is 1.75. The van der Waals surface area contributed by atoms with E-state index in [1.54, 1.807) is 24.1 Å². The van der Waals surface area contributed by atoms with Crippen molar-refractivity contribution in [3.63, 3.8) is 0 Å². The van der Waals surface area contributed by atoms with Crippen molar-refractivity contribution in [2.24, 2.45) is 0 Å². The molecule has 6 heteroatoms. The zero-order valence-corrected chi connectivity index (χ0v) is 14.2. The topological polar surface area (TPSA) is 44.8 Å². The van der Waals surface area contributed by atoms with Crippen LogP contribution in [0.5, 0.6) is 5.75 Å². The maximum Gasteiger partial charge on any atom is 0.321 e. The highest BCUT2D eigenvalue weighted by Gasteiger charge is 2.21. The number of benzene rings is 2. The molecular formula is C19H22FN3O2. The molecule has 132 valence electrons. The summed E-state index contributed by atoms with van der Waals surface area (Å²) in [5.74, 6) is 0.571. The lowest BCUT2D eigenvalue weighted by Crippen LogP contribution is -2.49. The number of urea groups is 1. The Balaban J connectivity index is 1.51. The number of nitrogens with zero attached hydrogens (tertiary/aromatic N) is 2. The van der Waals surface area contributed by atoms with Crippen molar-refractivity contribution < 1.29 is 13.9 Å². The lowest BCUT2D eigenvalue weighted by atomic mass is 10.1. The Kier molecular flexibility index (Phi) is 5.50. The fourth-order valence-corrected chi connectivity index (χ4v) is 2.92. The number of methoxy groups -OCH3 is 1. The summed E-state index contributed by atoms with van der Waals surface area (Å²) in [6.45, 7) is 3.71. The van der Waals surface area contributed by atoms with Crippen molar-refractivity contribution in [3.05, 3.63) is 59.9 Å². The van der Waals surface area contributed by atoms with Crippen molar-refractivity contribution in [1.82, 2.24) is 9.80 Å². The summed E-state index contributed by atoms with van der Waals surface area (Å²) in [6, 6.07) is 13.6. The number of carbonyl (C=O) groups is 1. The van der Waals surface area contributed by atoms with Crippen LogP contribution in [0.1, 0.15) is 5.56 Å². The van der Waals surface area contributed by atoms with E-state index in [0.29, 0.717) is 18.8 Å². The molecule has 1 aliphatic heterocycles. The van der Waals surface area contributed by atoms with Crippen LogP contribution in [0.3, 0.4) is 0 Å². The van der Waals surface area contributed by atoms with Crippen LogP contribution in [0.4, 0.5) is 14.9 Å². The predicted molar refractivity (Wildman–Crippen MR) is 95.3 cm³/mol. The van der Waals surface area contributed by atoms with E-state index in [1.165, 1.54) is 12.1 Å². The molecule has 0 aliphatic carbocycles. The first kappa shape index (κ1) is 17.2. The van der Waals surface area contributed by atoms with Gasteiger partial charge in [0.25, 0.3) is 0 Å². The number of anilines is 1. The smallest absolute Gasteiger partial charge is 0.321 e. The van der Waals surface area contributed by atoms with Gasteiger partial charge in [-0.15, -0.1) is 0 Å². The lowest BCUT2D eigenvalue weighted by molar-refractivity contribution is 0.142. The summed E-state index contributed by atoms with van der Waals surface area (Å²) >= 11 is 0. The molecule has 0 radical (unpaired) electrons.